The summed E-state index contributed by atoms with van der Waals surface area (Å²) < 4.78 is 1.46. The molecule has 7 nitrogen and oxygen atoms in total. The maximum atomic E-state index is 11.9. The van der Waals surface area contributed by atoms with Crippen LogP contribution < -0.4 is 16.4 Å². The fourth-order valence-corrected chi connectivity index (χ4v) is 1.88. The topological polar surface area (TPSA) is 102 Å². The first-order chi connectivity index (χ1) is 9.00. The number of nitrogens with zero attached hydrogens (tertiary/aromatic N) is 2. The number of amides is 2. The molecule has 19 heavy (non-hydrogen) atoms. The number of carbonyl (C=O) groups excluding carboxylic acids is 2. The fraction of sp³-hybridized carbons (Fsp3) is 0.583. The van der Waals surface area contributed by atoms with E-state index in [9.17, 15) is 9.59 Å². The number of hydrogen-bond acceptors (Lipinski definition) is 4. The van der Waals surface area contributed by atoms with E-state index in [0.29, 0.717) is 30.2 Å². The van der Waals surface area contributed by atoms with Crippen molar-refractivity contribution >= 4 is 17.5 Å². The molecule has 0 spiro atoms. The van der Waals surface area contributed by atoms with E-state index in [-0.39, 0.29) is 17.7 Å². The lowest BCUT2D eigenvalue weighted by Crippen LogP contribution is -2.36. The highest BCUT2D eigenvalue weighted by Gasteiger charge is 2.29. The second kappa shape index (κ2) is 5.29. The SMILES string of the molecule is Cc1nn(C)c(C(=O)NCCNC(=O)C2CC2)c1N. The molecule has 1 aliphatic carbocycles. The molecule has 0 atom stereocenters. The summed E-state index contributed by atoms with van der Waals surface area (Å²) in [7, 11) is 1.67. The Morgan fingerprint density at radius 2 is 2.00 bits per heavy atom. The monoisotopic (exact) mass is 265 g/mol. The van der Waals surface area contributed by atoms with Crippen LogP contribution in [0.3, 0.4) is 0 Å². The highest BCUT2D eigenvalue weighted by atomic mass is 16.2. The first-order valence-electron chi connectivity index (χ1n) is 6.35. The van der Waals surface area contributed by atoms with E-state index >= 15 is 0 Å². The van der Waals surface area contributed by atoms with Gasteiger partial charge in [0.15, 0.2) is 0 Å². The molecule has 2 amide bonds. The minimum absolute atomic E-state index is 0.0742. The van der Waals surface area contributed by atoms with Gasteiger partial charge in [-0.25, -0.2) is 0 Å². The lowest BCUT2D eigenvalue weighted by Gasteiger charge is -2.07. The largest absolute Gasteiger partial charge is 0.395 e. The molecular formula is C12H19N5O2. The summed E-state index contributed by atoms with van der Waals surface area (Å²) in [5, 5.41) is 9.57. The predicted octanol–water partition coefficient (Wildman–Crippen LogP) is -0.433. The Labute approximate surface area is 111 Å². The third-order valence-electron chi connectivity index (χ3n) is 3.14. The molecule has 1 aromatic heterocycles. The van der Waals surface area contributed by atoms with Crippen molar-refractivity contribution in [3.8, 4) is 0 Å². The van der Waals surface area contributed by atoms with Crippen molar-refractivity contribution in [3.05, 3.63) is 11.4 Å². The van der Waals surface area contributed by atoms with E-state index in [2.05, 4.69) is 15.7 Å². The number of rotatable bonds is 5. The van der Waals surface area contributed by atoms with Crippen LogP contribution in [0.4, 0.5) is 5.69 Å². The van der Waals surface area contributed by atoms with Crippen LogP contribution in [0, 0.1) is 12.8 Å². The van der Waals surface area contributed by atoms with Gasteiger partial charge < -0.3 is 16.4 Å². The van der Waals surface area contributed by atoms with Crippen LogP contribution in [0.25, 0.3) is 0 Å². The van der Waals surface area contributed by atoms with E-state index in [1.807, 2.05) is 0 Å². The Balaban J connectivity index is 1.79. The van der Waals surface area contributed by atoms with Crippen molar-refractivity contribution in [2.24, 2.45) is 13.0 Å². The zero-order valence-electron chi connectivity index (χ0n) is 11.2. The van der Waals surface area contributed by atoms with Crippen molar-refractivity contribution in [2.75, 3.05) is 18.8 Å². The number of carbonyl (C=O) groups is 2. The van der Waals surface area contributed by atoms with Crippen molar-refractivity contribution in [1.82, 2.24) is 20.4 Å². The van der Waals surface area contributed by atoms with Gasteiger partial charge in [0.25, 0.3) is 5.91 Å². The first-order valence-corrected chi connectivity index (χ1v) is 6.35. The minimum Gasteiger partial charge on any atom is -0.395 e. The van der Waals surface area contributed by atoms with Gasteiger partial charge in [-0.3, -0.25) is 14.3 Å². The van der Waals surface area contributed by atoms with Crippen LogP contribution in [0.1, 0.15) is 29.0 Å². The Bertz CT molecular complexity index is 504. The normalized spacial score (nSPS) is 14.2. The van der Waals surface area contributed by atoms with Crippen molar-refractivity contribution in [2.45, 2.75) is 19.8 Å². The Morgan fingerprint density at radius 3 is 2.53 bits per heavy atom. The molecule has 1 saturated carbocycles. The van der Waals surface area contributed by atoms with Crippen molar-refractivity contribution < 1.29 is 9.59 Å². The molecule has 1 fully saturated rings. The maximum absolute atomic E-state index is 11.9. The molecule has 7 heteroatoms. The molecule has 0 unspecified atom stereocenters. The second-order valence-electron chi connectivity index (χ2n) is 4.79. The summed E-state index contributed by atoms with van der Waals surface area (Å²) in [5.74, 6) is -0.0162. The van der Waals surface area contributed by atoms with Gasteiger partial charge in [0.1, 0.15) is 5.69 Å². The molecule has 0 bridgehead atoms. The summed E-state index contributed by atoms with van der Waals surface area (Å²) >= 11 is 0. The lowest BCUT2D eigenvalue weighted by molar-refractivity contribution is -0.122. The summed E-state index contributed by atoms with van der Waals surface area (Å²) in [6, 6.07) is 0. The number of anilines is 1. The van der Waals surface area contributed by atoms with E-state index in [1.165, 1.54) is 4.68 Å². The van der Waals surface area contributed by atoms with Crippen molar-refractivity contribution in [1.29, 1.82) is 0 Å². The van der Waals surface area contributed by atoms with E-state index < -0.39 is 0 Å². The summed E-state index contributed by atoms with van der Waals surface area (Å²) in [6.45, 7) is 2.56. The van der Waals surface area contributed by atoms with Crippen molar-refractivity contribution in [3.63, 3.8) is 0 Å². The molecule has 4 N–H and O–H groups in total. The van der Waals surface area contributed by atoms with Gasteiger partial charge >= 0.3 is 0 Å². The number of hydrogen-bond donors (Lipinski definition) is 3. The molecular weight excluding hydrogens is 246 g/mol. The maximum Gasteiger partial charge on any atom is 0.271 e. The van der Waals surface area contributed by atoms with Gasteiger partial charge in [-0.05, 0) is 19.8 Å². The third-order valence-corrected chi connectivity index (χ3v) is 3.14. The molecule has 0 aliphatic heterocycles. The molecule has 2 rings (SSSR count). The predicted molar refractivity (Wildman–Crippen MR) is 70.4 cm³/mol. The van der Waals surface area contributed by atoms with Gasteiger partial charge in [-0.2, -0.15) is 5.10 Å². The zero-order valence-corrected chi connectivity index (χ0v) is 11.2. The summed E-state index contributed by atoms with van der Waals surface area (Å²) in [6.07, 6.45) is 1.95. The summed E-state index contributed by atoms with van der Waals surface area (Å²) in [4.78, 5) is 23.3. The molecule has 0 aromatic carbocycles. The van der Waals surface area contributed by atoms with Gasteiger partial charge in [0.2, 0.25) is 5.91 Å². The first kappa shape index (κ1) is 13.4. The average molecular weight is 265 g/mol. The highest BCUT2D eigenvalue weighted by molar-refractivity contribution is 5.97. The van der Waals surface area contributed by atoms with Crippen LogP contribution >= 0.6 is 0 Å². The third kappa shape index (κ3) is 3.04. The fourth-order valence-electron chi connectivity index (χ4n) is 1.88. The van der Waals surface area contributed by atoms with Crippen LogP contribution in [-0.2, 0) is 11.8 Å². The van der Waals surface area contributed by atoms with Crippen LogP contribution in [0.15, 0.2) is 0 Å². The van der Waals surface area contributed by atoms with Crippen LogP contribution in [-0.4, -0.2) is 34.7 Å². The Hall–Kier alpha value is -2.05. The van der Waals surface area contributed by atoms with Gasteiger partial charge in [0, 0.05) is 26.1 Å². The molecule has 1 aromatic rings. The van der Waals surface area contributed by atoms with Crippen LogP contribution in [0.2, 0.25) is 0 Å². The zero-order chi connectivity index (χ0) is 14.0. The summed E-state index contributed by atoms with van der Waals surface area (Å²) in [5.41, 5.74) is 7.17. The molecule has 0 saturated heterocycles. The molecule has 0 radical (unpaired) electrons. The molecule has 104 valence electrons. The molecule has 1 heterocycles. The number of nitrogens with one attached hydrogen (secondary N) is 2. The van der Waals surface area contributed by atoms with Gasteiger partial charge in [-0.1, -0.05) is 0 Å². The number of aromatic nitrogens is 2. The number of nitrogen functional groups attached to an aromatic ring is 1. The lowest BCUT2D eigenvalue weighted by atomic mass is 10.3. The Morgan fingerprint density at radius 1 is 1.37 bits per heavy atom. The minimum atomic E-state index is -0.277. The number of aryl methyl sites for hydroxylation is 2. The number of nitrogens with two attached hydrogens (primary N) is 1. The molecule has 1 aliphatic rings. The van der Waals surface area contributed by atoms with Crippen LogP contribution in [0.5, 0.6) is 0 Å². The smallest absolute Gasteiger partial charge is 0.271 e. The van der Waals surface area contributed by atoms with E-state index in [1.54, 1.807) is 14.0 Å². The second-order valence-corrected chi connectivity index (χ2v) is 4.79. The van der Waals surface area contributed by atoms with E-state index in [0.717, 1.165) is 12.8 Å². The van der Waals surface area contributed by atoms with Gasteiger partial charge in [-0.15, -0.1) is 0 Å². The standard InChI is InChI=1S/C12H19N5O2/c1-7-9(13)10(17(2)16-7)12(19)15-6-5-14-11(18)8-3-4-8/h8H,3-6,13H2,1-2H3,(H,14,18)(H,15,19). The quantitative estimate of drug-likeness (QED) is 0.628. The Kier molecular flexibility index (Phi) is 3.73. The van der Waals surface area contributed by atoms with E-state index in [4.69, 9.17) is 5.73 Å². The average Bonchev–Trinajstić information content (AvgIpc) is 3.14. The van der Waals surface area contributed by atoms with Gasteiger partial charge in [0.05, 0.1) is 11.4 Å². The highest BCUT2D eigenvalue weighted by Crippen LogP contribution is 2.28.